The zero-order valence-electron chi connectivity index (χ0n) is 18.7. The molecule has 8 heteroatoms. The van der Waals surface area contributed by atoms with Gasteiger partial charge in [-0.3, -0.25) is 0 Å². The van der Waals surface area contributed by atoms with Crippen molar-refractivity contribution in [3.8, 4) is 23.1 Å². The lowest BCUT2D eigenvalue weighted by Crippen LogP contribution is -2.41. The largest absolute Gasteiger partial charge is 0.480 e. The molecule has 0 aromatic carbocycles. The molecule has 1 fully saturated rings. The number of rotatable bonds is 7. The van der Waals surface area contributed by atoms with E-state index in [4.69, 9.17) is 13.9 Å². The maximum Gasteiger partial charge on any atom is 0.319 e. The molecule has 29 heavy (non-hydrogen) atoms. The van der Waals surface area contributed by atoms with Crippen molar-refractivity contribution in [2.75, 3.05) is 20.8 Å². The highest BCUT2D eigenvalue weighted by Crippen LogP contribution is 2.50. The maximum absolute atomic E-state index is 6.44. The van der Waals surface area contributed by atoms with Gasteiger partial charge in [-0.05, 0) is 54.9 Å². The quantitative estimate of drug-likeness (QED) is 0.620. The first kappa shape index (κ1) is 21.6. The highest BCUT2D eigenvalue weighted by atomic mass is 28.4. The Balaban J connectivity index is 1.78. The molecule has 3 rings (SSSR count). The van der Waals surface area contributed by atoms with Gasteiger partial charge in [0.15, 0.2) is 8.32 Å². The number of aromatic nitrogens is 4. The van der Waals surface area contributed by atoms with Crippen molar-refractivity contribution in [3.05, 3.63) is 23.5 Å². The summed E-state index contributed by atoms with van der Waals surface area (Å²) >= 11 is 0. The second kappa shape index (κ2) is 7.99. The van der Waals surface area contributed by atoms with Gasteiger partial charge in [0.1, 0.15) is 5.69 Å². The number of hydrogen-bond acceptors (Lipinski definition) is 7. The molecule has 0 bridgehead atoms. The van der Waals surface area contributed by atoms with E-state index in [0.29, 0.717) is 29.0 Å². The molecule has 0 spiro atoms. The summed E-state index contributed by atoms with van der Waals surface area (Å²) in [7, 11) is 1.37. The zero-order valence-corrected chi connectivity index (χ0v) is 19.7. The van der Waals surface area contributed by atoms with Crippen molar-refractivity contribution in [2.24, 2.45) is 5.92 Å². The number of aryl methyl sites for hydroxylation is 1. The average molecular weight is 417 g/mol. The molecule has 7 nitrogen and oxygen atoms in total. The van der Waals surface area contributed by atoms with E-state index in [9.17, 15) is 0 Å². The van der Waals surface area contributed by atoms with Gasteiger partial charge < -0.3 is 13.9 Å². The summed E-state index contributed by atoms with van der Waals surface area (Å²) in [6.45, 7) is 14.3. The average Bonchev–Trinajstić information content (AvgIpc) is 3.45. The van der Waals surface area contributed by atoms with Crippen LogP contribution < -0.4 is 9.47 Å². The lowest BCUT2D eigenvalue weighted by atomic mass is 10.1. The lowest BCUT2D eigenvalue weighted by Gasteiger charge is -2.36. The summed E-state index contributed by atoms with van der Waals surface area (Å²) < 4.78 is 16.9. The molecule has 2 unspecified atom stereocenters. The summed E-state index contributed by atoms with van der Waals surface area (Å²) in [6, 6.07) is 2.35. The predicted octanol–water partition coefficient (Wildman–Crippen LogP) is 4.38. The van der Waals surface area contributed by atoms with Crippen LogP contribution in [0.4, 0.5) is 0 Å². The number of methoxy groups -OCH3 is 2. The number of hydrogen-bond donors (Lipinski definition) is 0. The Bertz CT molecular complexity index is 883. The maximum atomic E-state index is 6.44. The van der Waals surface area contributed by atoms with Crippen molar-refractivity contribution in [1.29, 1.82) is 0 Å². The molecule has 1 saturated carbocycles. The van der Waals surface area contributed by atoms with Crippen LogP contribution in [0.25, 0.3) is 11.3 Å². The first-order valence-electron chi connectivity index (χ1n) is 10.0. The first-order chi connectivity index (χ1) is 13.6. The molecule has 2 heterocycles. The molecule has 0 amide bonds. The van der Waals surface area contributed by atoms with E-state index in [1.807, 2.05) is 6.92 Å². The van der Waals surface area contributed by atoms with Crippen LogP contribution in [0.15, 0.2) is 12.3 Å². The van der Waals surface area contributed by atoms with Gasteiger partial charge in [0, 0.05) is 12.8 Å². The van der Waals surface area contributed by atoms with Crippen LogP contribution in [0, 0.1) is 12.8 Å². The van der Waals surface area contributed by atoms with Crippen LogP contribution >= 0.6 is 0 Å². The lowest BCUT2D eigenvalue weighted by molar-refractivity contribution is 0.270. The van der Waals surface area contributed by atoms with Crippen LogP contribution in [-0.2, 0) is 4.43 Å². The summed E-state index contributed by atoms with van der Waals surface area (Å²) in [4.78, 5) is 8.45. The second-order valence-electron chi connectivity index (χ2n) is 9.22. The SMILES string of the molecule is COc1ncc(-c2cc(C3CC3CO[Si](C)(C)C(C)(C)C)c(C)nn2)c(OC)n1. The molecule has 2 aromatic rings. The monoisotopic (exact) mass is 416 g/mol. The molecular weight excluding hydrogens is 384 g/mol. The third-order valence-electron chi connectivity index (χ3n) is 6.19. The third kappa shape index (κ3) is 4.58. The molecular formula is C21H32N4O3Si. The van der Waals surface area contributed by atoms with Crippen LogP contribution in [0.5, 0.6) is 11.9 Å². The van der Waals surface area contributed by atoms with E-state index in [1.54, 1.807) is 13.3 Å². The minimum absolute atomic E-state index is 0.226. The summed E-state index contributed by atoms with van der Waals surface area (Å²) in [6.07, 6.45) is 2.79. The van der Waals surface area contributed by atoms with Crippen molar-refractivity contribution in [1.82, 2.24) is 20.2 Å². The molecule has 158 valence electrons. The Morgan fingerprint density at radius 1 is 1.14 bits per heavy atom. The van der Waals surface area contributed by atoms with Crippen molar-refractivity contribution < 1.29 is 13.9 Å². The van der Waals surface area contributed by atoms with E-state index in [2.05, 4.69) is 60.1 Å². The zero-order chi connectivity index (χ0) is 21.4. The Kier molecular flexibility index (Phi) is 5.96. The highest BCUT2D eigenvalue weighted by Gasteiger charge is 2.43. The standard InChI is InChI=1S/C21H32N4O3Si/c1-13-15(16-9-14(16)12-28-29(7,8)21(2,3)4)10-18(25-24-13)17-11-22-20(27-6)23-19(17)26-5/h10-11,14,16H,9,12H2,1-8H3. The van der Waals surface area contributed by atoms with E-state index < -0.39 is 8.32 Å². The summed E-state index contributed by atoms with van der Waals surface area (Å²) in [5, 5.41) is 8.97. The van der Waals surface area contributed by atoms with E-state index in [1.165, 1.54) is 12.7 Å². The van der Waals surface area contributed by atoms with Gasteiger partial charge in [-0.25, -0.2) is 4.98 Å². The minimum Gasteiger partial charge on any atom is -0.480 e. The van der Waals surface area contributed by atoms with E-state index >= 15 is 0 Å². The Labute approximate surface area is 174 Å². The van der Waals surface area contributed by atoms with Gasteiger partial charge in [-0.15, -0.1) is 5.10 Å². The van der Waals surface area contributed by atoms with Crippen LogP contribution in [0.2, 0.25) is 18.1 Å². The molecule has 2 aromatic heterocycles. The predicted molar refractivity (Wildman–Crippen MR) is 115 cm³/mol. The normalized spacial score (nSPS) is 19.2. The summed E-state index contributed by atoms with van der Waals surface area (Å²) in [5.74, 6) is 1.42. The highest BCUT2D eigenvalue weighted by molar-refractivity contribution is 6.74. The van der Waals surface area contributed by atoms with E-state index in [-0.39, 0.29) is 11.0 Å². The number of nitrogens with zero attached hydrogens (tertiary/aromatic N) is 4. The Morgan fingerprint density at radius 2 is 1.86 bits per heavy atom. The van der Waals surface area contributed by atoms with Gasteiger partial charge in [-0.2, -0.15) is 10.1 Å². The summed E-state index contributed by atoms with van der Waals surface area (Å²) in [5.41, 5.74) is 3.59. The molecule has 0 radical (unpaired) electrons. The molecule has 2 atom stereocenters. The van der Waals surface area contributed by atoms with Crippen LogP contribution in [0.3, 0.4) is 0 Å². The van der Waals surface area contributed by atoms with Gasteiger partial charge in [-0.1, -0.05) is 20.8 Å². The van der Waals surface area contributed by atoms with Gasteiger partial charge in [0.25, 0.3) is 0 Å². The van der Waals surface area contributed by atoms with Gasteiger partial charge in [0.05, 0.1) is 25.5 Å². The minimum atomic E-state index is -1.73. The third-order valence-corrected chi connectivity index (χ3v) is 10.7. The Morgan fingerprint density at radius 3 is 2.48 bits per heavy atom. The number of ether oxygens (including phenoxy) is 2. The fraction of sp³-hybridized carbons (Fsp3) is 0.619. The van der Waals surface area contributed by atoms with Crippen LogP contribution in [0.1, 0.15) is 44.4 Å². The molecule has 0 N–H and O–H groups in total. The molecule has 1 aliphatic rings. The Hall–Kier alpha value is -2.06. The topological polar surface area (TPSA) is 79.2 Å². The van der Waals surface area contributed by atoms with E-state index in [0.717, 1.165) is 18.7 Å². The molecule has 0 saturated heterocycles. The molecule has 1 aliphatic carbocycles. The van der Waals surface area contributed by atoms with Crippen molar-refractivity contribution in [2.45, 2.75) is 58.2 Å². The smallest absolute Gasteiger partial charge is 0.319 e. The fourth-order valence-corrected chi connectivity index (χ4v) is 4.16. The first-order valence-corrected chi connectivity index (χ1v) is 12.9. The van der Waals surface area contributed by atoms with Gasteiger partial charge >= 0.3 is 6.01 Å². The second-order valence-corrected chi connectivity index (χ2v) is 14.0. The van der Waals surface area contributed by atoms with Crippen LogP contribution in [-0.4, -0.2) is 49.3 Å². The molecule has 0 aliphatic heterocycles. The van der Waals surface area contributed by atoms with Crippen molar-refractivity contribution >= 4 is 8.32 Å². The van der Waals surface area contributed by atoms with Gasteiger partial charge in [0.2, 0.25) is 5.88 Å². The van der Waals surface area contributed by atoms with Crippen molar-refractivity contribution in [3.63, 3.8) is 0 Å². The fourth-order valence-electron chi connectivity index (χ4n) is 3.10.